The predicted molar refractivity (Wildman–Crippen MR) is 192 cm³/mol. The first-order valence-electron chi connectivity index (χ1n) is 15.5. The second-order valence-corrected chi connectivity index (χ2v) is 11.7. The van der Waals surface area contributed by atoms with E-state index in [2.05, 4.69) is 155 Å². The molecule has 3 nitrogen and oxygen atoms in total. The van der Waals surface area contributed by atoms with E-state index in [-0.39, 0.29) is 0 Å². The topological polar surface area (TPSA) is 32.0 Å². The average molecular weight is 586 g/mol. The van der Waals surface area contributed by atoms with Crippen molar-refractivity contribution in [3.63, 3.8) is 0 Å². The van der Waals surface area contributed by atoms with Crippen molar-refractivity contribution in [1.82, 2.24) is 4.57 Å². The Morgan fingerprint density at radius 1 is 0.500 bits per heavy atom. The number of fused-ring (bicyclic) bond motifs is 1. The molecule has 0 aliphatic rings. The van der Waals surface area contributed by atoms with E-state index < -0.39 is 0 Å². The summed E-state index contributed by atoms with van der Waals surface area (Å²) < 4.78 is 2.42. The first-order chi connectivity index (χ1) is 22.8. The zero-order chi connectivity index (χ0) is 30.6. The molecule has 0 saturated carbocycles. The fraction of sp³-hybridized carbons (Fsp3) is 0. The van der Waals surface area contributed by atoms with Crippen LogP contribution in [0.25, 0.3) is 60.2 Å². The summed E-state index contributed by atoms with van der Waals surface area (Å²) in [5.41, 5.74) is 8.40. The molecule has 0 atom stereocenters. The maximum Gasteiger partial charge on any atom is 0.0992 e. The Hall–Kier alpha value is -6.37. The normalized spacial score (nSPS) is 11.5. The molecule has 214 valence electrons. The van der Waals surface area contributed by atoms with Crippen molar-refractivity contribution < 1.29 is 0 Å². The monoisotopic (exact) mass is 585 g/mol. The molecule has 0 amide bonds. The highest BCUT2D eigenvalue weighted by Crippen LogP contribution is 2.45. The molecule has 0 spiro atoms. The highest BCUT2D eigenvalue weighted by atomic mass is 15.1. The molecule has 3 heteroatoms. The van der Waals surface area contributed by atoms with Gasteiger partial charge >= 0.3 is 0 Å². The van der Waals surface area contributed by atoms with Crippen LogP contribution in [0.15, 0.2) is 164 Å². The highest BCUT2D eigenvalue weighted by molar-refractivity contribution is 6.27. The number of benzene rings is 8. The number of anilines is 3. The van der Waals surface area contributed by atoms with Crippen LogP contribution in [-0.4, -0.2) is 4.57 Å². The molecule has 1 heterocycles. The van der Waals surface area contributed by atoms with Gasteiger partial charge in [0.05, 0.1) is 34.2 Å². The van der Waals surface area contributed by atoms with Crippen molar-refractivity contribution in [2.45, 2.75) is 0 Å². The Balaban J connectivity index is 1.35. The summed E-state index contributed by atoms with van der Waals surface area (Å²) in [5.74, 6) is 0. The minimum absolute atomic E-state index is 0.633. The fourth-order valence-electron chi connectivity index (χ4n) is 7.11. The Bertz CT molecular complexity index is 2590. The summed E-state index contributed by atoms with van der Waals surface area (Å²) in [6.45, 7) is 0. The quantitative estimate of drug-likeness (QED) is 0.188. The van der Waals surface area contributed by atoms with Gasteiger partial charge in [-0.3, -0.25) is 0 Å². The summed E-state index contributed by atoms with van der Waals surface area (Å²) in [6.07, 6.45) is 0. The van der Waals surface area contributed by atoms with Gasteiger partial charge in [-0.1, -0.05) is 109 Å². The third-order valence-corrected chi connectivity index (χ3v) is 9.13. The summed E-state index contributed by atoms with van der Waals surface area (Å²) in [4.78, 5) is 2.26. The van der Waals surface area contributed by atoms with Crippen LogP contribution in [0.4, 0.5) is 17.1 Å². The van der Waals surface area contributed by atoms with Gasteiger partial charge in [-0.2, -0.15) is 5.26 Å². The zero-order valence-corrected chi connectivity index (χ0v) is 24.9. The minimum atomic E-state index is 0.633. The predicted octanol–water partition coefficient (Wildman–Crippen LogP) is 11.5. The third-order valence-electron chi connectivity index (χ3n) is 9.13. The van der Waals surface area contributed by atoms with Crippen molar-refractivity contribution in [2.75, 3.05) is 4.90 Å². The van der Waals surface area contributed by atoms with Crippen LogP contribution in [0.2, 0.25) is 0 Å². The van der Waals surface area contributed by atoms with Crippen molar-refractivity contribution >= 4 is 60.3 Å². The lowest BCUT2D eigenvalue weighted by atomic mass is 9.92. The van der Waals surface area contributed by atoms with E-state index >= 15 is 0 Å². The molecule has 0 radical (unpaired) electrons. The van der Waals surface area contributed by atoms with Gasteiger partial charge in [0, 0.05) is 27.5 Å². The van der Waals surface area contributed by atoms with Gasteiger partial charge in [-0.15, -0.1) is 0 Å². The second-order valence-electron chi connectivity index (χ2n) is 11.7. The van der Waals surface area contributed by atoms with E-state index in [4.69, 9.17) is 0 Å². The van der Waals surface area contributed by atoms with E-state index in [9.17, 15) is 5.26 Å². The molecule has 0 saturated heterocycles. The summed E-state index contributed by atoms with van der Waals surface area (Å²) in [6, 6.07) is 60.2. The van der Waals surface area contributed by atoms with Gasteiger partial charge in [0.2, 0.25) is 0 Å². The van der Waals surface area contributed by atoms with E-state index in [1.54, 1.807) is 0 Å². The van der Waals surface area contributed by atoms with Gasteiger partial charge in [0.25, 0.3) is 0 Å². The number of nitrogens with zero attached hydrogens (tertiary/aromatic N) is 3. The molecule has 0 unspecified atom stereocenters. The van der Waals surface area contributed by atoms with Crippen LogP contribution >= 0.6 is 0 Å². The van der Waals surface area contributed by atoms with E-state index in [0.29, 0.717) is 5.56 Å². The standard InChI is InChI=1S/C43H27N3/c44-28-29-10-9-16-35(26-29)45(34-14-5-2-6-15-34)39-24-20-31-19-23-37-40(25-21-32-18-22-36(39)42(31)43(32)37)46-38-17-8-7-13-33(38)27-41(46)30-11-3-1-4-12-30/h1-27H. The van der Waals surface area contributed by atoms with Gasteiger partial charge in [-0.05, 0) is 81.7 Å². The van der Waals surface area contributed by atoms with Crippen LogP contribution in [0.5, 0.6) is 0 Å². The first kappa shape index (κ1) is 26.1. The van der Waals surface area contributed by atoms with Gasteiger partial charge in [0.15, 0.2) is 0 Å². The number of hydrogen-bond donors (Lipinski definition) is 0. The highest BCUT2D eigenvalue weighted by Gasteiger charge is 2.21. The van der Waals surface area contributed by atoms with E-state index in [1.807, 2.05) is 24.3 Å². The summed E-state index contributed by atoms with van der Waals surface area (Å²) >= 11 is 0. The largest absolute Gasteiger partial charge is 0.310 e. The Kier molecular flexibility index (Phi) is 5.88. The molecule has 0 fully saturated rings. The van der Waals surface area contributed by atoms with Crippen molar-refractivity contribution in [3.05, 3.63) is 169 Å². The smallest absolute Gasteiger partial charge is 0.0992 e. The maximum absolute atomic E-state index is 9.73. The lowest BCUT2D eigenvalue weighted by molar-refractivity contribution is 1.15. The van der Waals surface area contributed by atoms with Crippen LogP contribution in [0.1, 0.15) is 5.56 Å². The fourth-order valence-corrected chi connectivity index (χ4v) is 7.11. The van der Waals surface area contributed by atoms with Crippen LogP contribution in [0.3, 0.4) is 0 Å². The zero-order valence-electron chi connectivity index (χ0n) is 24.9. The van der Waals surface area contributed by atoms with Crippen LogP contribution in [0, 0.1) is 11.3 Å². The lowest BCUT2D eigenvalue weighted by Crippen LogP contribution is -2.10. The van der Waals surface area contributed by atoms with Gasteiger partial charge in [0.1, 0.15) is 0 Å². The van der Waals surface area contributed by atoms with E-state index in [1.165, 1.54) is 54.5 Å². The Morgan fingerprint density at radius 3 is 1.96 bits per heavy atom. The molecule has 8 aromatic carbocycles. The SMILES string of the molecule is N#Cc1cccc(N(c2ccccc2)c2ccc3ccc4c(-n5c(-c6ccccc6)cc6ccccc65)ccc5ccc2c3c54)c1. The first-order valence-corrected chi connectivity index (χ1v) is 15.5. The van der Waals surface area contributed by atoms with Crippen molar-refractivity contribution in [3.8, 4) is 23.0 Å². The number of rotatable bonds is 5. The van der Waals surface area contributed by atoms with Crippen molar-refractivity contribution in [1.29, 1.82) is 5.26 Å². The molecule has 0 aliphatic carbocycles. The Morgan fingerprint density at radius 2 is 1.15 bits per heavy atom. The third kappa shape index (κ3) is 3.98. The Labute approximate surface area is 266 Å². The number of para-hydroxylation sites is 2. The summed E-state index contributed by atoms with van der Waals surface area (Å²) in [5, 5.41) is 18.2. The molecule has 0 N–H and O–H groups in total. The number of hydrogen-bond acceptors (Lipinski definition) is 2. The maximum atomic E-state index is 9.73. The lowest BCUT2D eigenvalue weighted by Gasteiger charge is -2.28. The molecule has 1 aromatic heterocycles. The second kappa shape index (κ2) is 10.4. The average Bonchev–Trinajstić information content (AvgIpc) is 3.51. The molecular weight excluding hydrogens is 558 g/mol. The van der Waals surface area contributed by atoms with Crippen LogP contribution < -0.4 is 4.90 Å². The molecule has 9 aromatic rings. The molecule has 46 heavy (non-hydrogen) atoms. The summed E-state index contributed by atoms with van der Waals surface area (Å²) in [7, 11) is 0. The van der Waals surface area contributed by atoms with Gasteiger partial charge < -0.3 is 9.47 Å². The number of aromatic nitrogens is 1. The molecular formula is C43H27N3. The van der Waals surface area contributed by atoms with Gasteiger partial charge in [-0.25, -0.2) is 0 Å². The molecule has 0 aliphatic heterocycles. The minimum Gasteiger partial charge on any atom is -0.310 e. The molecule has 9 rings (SSSR count). The van der Waals surface area contributed by atoms with Crippen LogP contribution in [-0.2, 0) is 0 Å². The van der Waals surface area contributed by atoms with Crippen molar-refractivity contribution in [2.24, 2.45) is 0 Å². The number of nitriles is 1. The molecule has 0 bridgehead atoms. The van der Waals surface area contributed by atoms with E-state index in [0.717, 1.165) is 22.7 Å².